The summed E-state index contributed by atoms with van der Waals surface area (Å²) in [5, 5.41) is 9.34. The highest BCUT2D eigenvalue weighted by Crippen LogP contribution is 2.11. The van der Waals surface area contributed by atoms with Gasteiger partial charge in [0.2, 0.25) is 0 Å². The van der Waals surface area contributed by atoms with E-state index in [2.05, 4.69) is 15.9 Å². The number of aromatic nitrogens is 2. The van der Waals surface area contributed by atoms with Gasteiger partial charge in [0.25, 0.3) is 5.56 Å². The molecule has 0 aliphatic heterocycles. The summed E-state index contributed by atoms with van der Waals surface area (Å²) in [4.78, 5) is 25.0. The van der Waals surface area contributed by atoms with Crippen LogP contribution in [0.3, 0.4) is 0 Å². The number of halogens is 2. The molecule has 0 amide bonds. The first kappa shape index (κ1) is 17.2. The third-order valence-electron chi connectivity index (χ3n) is 3.74. The topological polar surface area (TPSA) is 64.2 Å². The van der Waals surface area contributed by atoms with E-state index in [9.17, 15) is 19.1 Å². The molecule has 0 aliphatic rings. The third-order valence-corrected chi connectivity index (χ3v) is 4.28. The number of benzene rings is 2. The Morgan fingerprint density at radius 2 is 1.48 bits per heavy atom. The van der Waals surface area contributed by atoms with Gasteiger partial charge in [-0.1, -0.05) is 24.3 Å². The zero-order valence-corrected chi connectivity index (χ0v) is 14.6. The Labute approximate surface area is 150 Å². The van der Waals surface area contributed by atoms with E-state index in [0.29, 0.717) is 5.56 Å². The van der Waals surface area contributed by atoms with Crippen molar-refractivity contribution in [2.24, 2.45) is 0 Å². The Kier molecular flexibility index (Phi) is 4.85. The second-order valence-corrected chi connectivity index (χ2v) is 6.43. The van der Waals surface area contributed by atoms with E-state index in [1.807, 2.05) is 0 Å². The first-order valence-electron chi connectivity index (χ1n) is 7.46. The van der Waals surface area contributed by atoms with E-state index < -0.39 is 11.2 Å². The minimum atomic E-state index is -0.467. The number of hydrogen-bond donors (Lipinski definition) is 1. The smallest absolute Gasteiger partial charge is 0.331 e. The summed E-state index contributed by atoms with van der Waals surface area (Å²) in [5.74, 6) is -0.242. The quantitative estimate of drug-likeness (QED) is 0.726. The molecule has 2 aromatic carbocycles. The van der Waals surface area contributed by atoms with E-state index in [4.69, 9.17) is 0 Å². The maximum absolute atomic E-state index is 13.0. The molecule has 5 nitrogen and oxygen atoms in total. The van der Waals surface area contributed by atoms with Crippen molar-refractivity contribution in [3.63, 3.8) is 0 Å². The zero-order chi connectivity index (χ0) is 18.0. The maximum Gasteiger partial charge on any atom is 0.331 e. The number of nitrogens with zero attached hydrogens (tertiary/aromatic N) is 2. The Balaban J connectivity index is 1.99. The van der Waals surface area contributed by atoms with Crippen LogP contribution in [-0.2, 0) is 13.1 Å². The van der Waals surface area contributed by atoms with E-state index in [-0.39, 0.29) is 29.1 Å². The average molecular weight is 405 g/mol. The van der Waals surface area contributed by atoms with Crippen LogP contribution >= 0.6 is 15.9 Å². The molecule has 1 heterocycles. The molecule has 0 fully saturated rings. The van der Waals surface area contributed by atoms with Crippen LogP contribution in [0.15, 0.2) is 68.8 Å². The van der Waals surface area contributed by atoms with Crippen LogP contribution < -0.4 is 11.2 Å². The molecular weight excluding hydrogens is 391 g/mol. The van der Waals surface area contributed by atoms with Gasteiger partial charge >= 0.3 is 5.69 Å². The highest BCUT2D eigenvalue weighted by molar-refractivity contribution is 9.10. The second kappa shape index (κ2) is 7.06. The molecule has 0 saturated heterocycles. The monoisotopic (exact) mass is 404 g/mol. The van der Waals surface area contributed by atoms with Gasteiger partial charge in [0.15, 0.2) is 0 Å². The summed E-state index contributed by atoms with van der Waals surface area (Å²) in [7, 11) is 0. The van der Waals surface area contributed by atoms with Crippen LogP contribution in [0, 0.1) is 5.82 Å². The van der Waals surface area contributed by atoms with Gasteiger partial charge in [0, 0.05) is 6.20 Å². The lowest BCUT2D eigenvalue weighted by Crippen LogP contribution is -2.40. The van der Waals surface area contributed by atoms with Crippen LogP contribution in [0.5, 0.6) is 5.75 Å². The van der Waals surface area contributed by atoms with Crippen molar-refractivity contribution in [2.45, 2.75) is 13.1 Å². The Hall–Kier alpha value is -2.67. The largest absolute Gasteiger partial charge is 0.508 e. The summed E-state index contributed by atoms with van der Waals surface area (Å²) in [5.41, 5.74) is 0.538. The van der Waals surface area contributed by atoms with Gasteiger partial charge in [-0.05, 0) is 51.3 Å². The first-order chi connectivity index (χ1) is 11.9. The fourth-order valence-electron chi connectivity index (χ4n) is 2.44. The minimum absolute atomic E-state index is 0.0486. The average Bonchev–Trinajstić information content (AvgIpc) is 2.60. The van der Waals surface area contributed by atoms with Gasteiger partial charge in [-0.25, -0.2) is 9.18 Å². The Morgan fingerprint density at radius 1 is 0.920 bits per heavy atom. The molecule has 3 rings (SSSR count). The van der Waals surface area contributed by atoms with Crippen molar-refractivity contribution in [3.8, 4) is 5.75 Å². The lowest BCUT2D eigenvalue weighted by Gasteiger charge is -2.11. The molecule has 0 saturated carbocycles. The van der Waals surface area contributed by atoms with Gasteiger partial charge in [0.1, 0.15) is 11.6 Å². The lowest BCUT2D eigenvalue weighted by atomic mass is 10.2. The van der Waals surface area contributed by atoms with Crippen LogP contribution in [0.1, 0.15) is 11.1 Å². The van der Waals surface area contributed by atoms with Crippen LogP contribution in [0.2, 0.25) is 0 Å². The number of hydrogen-bond acceptors (Lipinski definition) is 3. The highest BCUT2D eigenvalue weighted by Gasteiger charge is 2.11. The number of rotatable bonds is 4. The van der Waals surface area contributed by atoms with Crippen molar-refractivity contribution in [3.05, 3.63) is 97.0 Å². The molecule has 0 atom stereocenters. The van der Waals surface area contributed by atoms with Crippen molar-refractivity contribution < 1.29 is 9.50 Å². The zero-order valence-electron chi connectivity index (χ0n) is 13.0. The van der Waals surface area contributed by atoms with Crippen molar-refractivity contribution in [1.29, 1.82) is 0 Å². The summed E-state index contributed by atoms with van der Waals surface area (Å²) in [6, 6.07) is 12.1. The molecule has 1 N–H and O–H groups in total. The van der Waals surface area contributed by atoms with Crippen LogP contribution in [-0.4, -0.2) is 14.2 Å². The molecule has 128 valence electrons. The maximum atomic E-state index is 13.0. The minimum Gasteiger partial charge on any atom is -0.508 e. The molecule has 1 aromatic heterocycles. The Morgan fingerprint density at radius 3 is 2.12 bits per heavy atom. The molecule has 0 unspecified atom stereocenters. The summed E-state index contributed by atoms with van der Waals surface area (Å²) in [6.07, 6.45) is 1.44. The molecule has 7 heteroatoms. The Bertz CT molecular complexity index is 1010. The van der Waals surface area contributed by atoms with E-state index in [1.54, 1.807) is 12.1 Å². The van der Waals surface area contributed by atoms with Crippen LogP contribution in [0.4, 0.5) is 4.39 Å². The number of aromatic hydroxyl groups is 1. The number of phenolic OH excluding ortho intramolecular Hbond substituents is 1. The SMILES string of the molecule is O=c1c(Br)cn(Cc2ccc(O)cc2)c(=O)n1Cc1ccc(F)cc1. The molecule has 3 aromatic rings. The van der Waals surface area contributed by atoms with Gasteiger partial charge in [-0.15, -0.1) is 0 Å². The van der Waals surface area contributed by atoms with Gasteiger partial charge in [-0.2, -0.15) is 0 Å². The normalized spacial score (nSPS) is 10.8. The summed E-state index contributed by atoms with van der Waals surface area (Å²) in [6.45, 7) is 0.300. The molecular formula is C18H14BrFN2O3. The predicted octanol–water partition coefficient (Wildman–Crippen LogP) is 2.71. The highest BCUT2D eigenvalue weighted by atomic mass is 79.9. The van der Waals surface area contributed by atoms with Crippen molar-refractivity contribution in [2.75, 3.05) is 0 Å². The van der Waals surface area contributed by atoms with Crippen molar-refractivity contribution >= 4 is 15.9 Å². The van der Waals surface area contributed by atoms with E-state index >= 15 is 0 Å². The fourth-order valence-corrected chi connectivity index (χ4v) is 2.90. The van der Waals surface area contributed by atoms with Crippen LogP contribution in [0.25, 0.3) is 0 Å². The summed E-state index contributed by atoms with van der Waals surface area (Å²) >= 11 is 3.19. The predicted molar refractivity (Wildman–Crippen MR) is 95.4 cm³/mol. The molecule has 0 aliphatic carbocycles. The van der Waals surface area contributed by atoms with E-state index in [1.165, 1.54) is 47.2 Å². The third kappa shape index (κ3) is 3.88. The molecule has 0 bridgehead atoms. The molecule has 25 heavy (non-hydrogen) atoms. The first-order valence-corrected chi connectivity index (χ1v) is 8.25. The van der Waals surface area contributed by atoms with Gasteiger partial charge < -0.3 is 5.11 Å². The second-order valence-electron chi connectivity index (χ2n) is 5.57. The van der Waals surface area contributed by atoms with Gasteiger partial charge in [0.05, 0.1) is 17.6 Å². The van der Waals surface area contributed by atoms with E-state index in [0.717, 1.165) is 10.1 Å². The lowest BCUT2D eigenvalue weighted by molar-refractivity contribution is 0.475. The fraction of sp³-hybridized carbons (Fsp3) is 0.111. The summed E-state index contributed by atoms with van der Waals surface area (Å²) < 4.78 is 15.8. The molecule has 0 radical (unpaired) electrons. The number of phenols is 1. The molecule has 0 spiro atoms. The van der Waals surface area contributed by atoms with Crippen molar-refractivity contribution in [1.82, 2.24) is 9.13 Å². The standard InChI is InChI=1S/C18H14BrFN2O3/c19-16-11-21(9-12-3-7-15(23)8-4-12)18(25)22(17(16)24)10-13-1-5-14(20)6-2-13/h1-8,11,23H,9-10H2. The van der Waals surface area contributed by atoms with Gasteiger partial charge in [-0.3, -0.25) is 13.9 Å².